The van der Waals surface area contributed by atoms with Gasteiger partial charge >= 0.3 is 0 Å². The van der Waals surface area contributed by atoms with Crippen molar-refractivity contribution in [1.82, 2.24) is 9.88 Å². The Morgan fingerprint density at radius 2 is 2.21 bits per heavy atom. The van der Waals surface area contributed by atoms with Crippen molar-refractivity contribution in [3.8, 4) is 0 Å². The Kier molecular flexibility index (Phi) is 4.16. The minimum absolute atomic E-state index is 0.00810. The second kappa shape index (κ2) is 5.84. The van der Waals surface area contributed by atoms with Crippen molar-refractivity contribution in [3.05, 3.63) is 45.9 Å². The van der Waals surface area contributed by atoms with E-state index in [1.807, 2.05) is 36.6 Å². The average Bonchev–Trinajstić information content (AvgIpc) is 2.81. The van der Waals surface area contributed by atoms with Gasteiger partial charge in [-0.05, 0) is 25.1 Å². The zero-order chi connectivity index (χ0) is 13.8. The predicted octanol–water partition coefficient (Wildman–Crippen LogP) is 2.77. The van der Waals surface area contributed by atoms with Crippen LogP contribution in [0, 0.1) is 6.92 Å². The number of hydrogen-bond donors (Lipinski definition) is 1. The van der Waals surface area contributed by atoms with Crippen LogP contribution in [0.2, 0.25) is 0 Å². The van der Waals surface area contributed by atoms with Crippen molar-refractivity contribution in [2.24, 2.45) is 0 Å². The second-order valence-electron chi connectivity index (χ2n) is 4.52. The number of anilines is 1. The number of rotatable bonds is 4. The Balaban J connectivity index is 2.05. The number of amides is 1. The second-order valence-corrected chi connectivity index (χ2v) is 5.46. The van der Waals surface area contributed by atoms with Gasteiger partial charge in [-0.2, -0.15) is 0 Å². The first-order valence-corrected chi connectivity index (χ1v) is 6.91. The lowest BCUT2D eigenvalue weighted by Gasteiger charge is -2.11. The number of hydrogen-bond acceptors (Lipinski definition) is 4. The molecule has 1 N–H and O–H groups in total. The van der Waals surface area contributed by atoms with Gasteiger partial charge in [-0.15, -0.1) is 11.3 Å². The van der Waals surface area contributed by atoms with E-state index in [1.165, 1.54) is 0 Å². The summed E-state index contributed by atoms with van der Waals surface area (Å²) in [5, 5.41) is 6.36. The van der Waals surface area contributed by atoms with Crippen molar-refractivity contribution in [2.75, 3.05) is 19.4 Å². The number of carbonyl (C=O) groups is 1. The van der Waals surface area contributed by atoms with Gasteiger partial charge in [0.2, 0.25) is 0 Å². The molecular weight excluding hydrogens is 258 g/mol. The number of thiazole rings is 1. The summed E-state index contributed by atoms with van der Waals surface area (Å²) in [5.41, 5.74) is 2.66. The van der Waals surface area contributed by atoms with Gasteiger partial charge in [-0.25, -0.2) is 4.98 Å². The van der Waals surface area contributed by atoms with Crippen LogP contribution in [0.3, 0.4) is 0 Å². The first kappa shape index (κ1) is 13.5. The van der Waals surface area contributed by atoms with Crippen LogP contribution in [0.25, 0.3) is 0 Å². The van der Waals surface area contributed by atoms with Gasteiger partial charge in [0, 0.05) is 36.4 Å². The van der Waals surface area contributed by atoms with Gasteiger partial charge < -0.3 is 10.2 Å². The van der Waals surface area contributed by atoms with E-state index >= 15 is 0 Å². The summed E-state index contributed by atoms with van der Waals surface area (Å²) in [5.74, 6) is 0.00810. The Hall–Kier alpha value is -1.88. The fraction of sp³-hybridized carbons (Fsp3) is 0.286. The Bertz CT molecular complexity index is 578. The van der Waals surface area contributed by atoms with E-state index in [0.29, 0.717) is 12.1 Å². The van der Waals surface area contributed by atoms with Crippen molar-refractivity contribution in [2.45, 2.75) is 13.5 Å². The summed E-state index contributed by atoms with van der Waals surface area (Å²) >= 11 is 1.64. The van der Waals surface area contributed by atoms with E-state index in [2.05, 4.69) is 10.3 Å². The van der Waals surface area contributed by atoms with Crippen LogP contribution in [0.4, 0.5) is 5.69 Å². The first-order valence-electron chi connectivity index (χ1n) is 6.03. The Labute approximate surface area is 117 Å². The monoisotopic (exact) mass is 275 g/mol. The molecule has 0 spiro atoms. The lowest BCUT2D eigenvalue weighted by Crippen LogP contribution is -2.21. The van der Waals surface area contributed by atoms with E-state index in [4.69, 9.17) is 0 Å². The average molecular weight is 275 g/mol. The minimum Gasteiger partial charge on any atom is -0.379 e. The molecule has 1 heterocycles. The summed E-state index contributed by atoms with van der Waals surface area (Å²) in [6, 6.07) is 7.52. The molecule has 0 unspecified atom stereocenters. The van der Waals surface area contributed by atoms with E-state index in [-0.39, 0.29) is 5.91 Å². The van der Waals surface area contributed by atoms with Crippen LogP contribution in [0.5, 0.6) is 0 Å². The molecule has 0 fully saturated rings. The molecule has 0 aliphatic heterocycles. The van der Waals surface area contributed by atoms with Crippen LogP contribution in [0.15, 0.2) is 29.6 Å². The highest BCUT2D eigenvalue weighted by molar-refractivity contribution is 7.09. The van der Waals surface area contributed by atoms with Crippen LogP contribution < -0.4 is 5.32 Å². The molecule has 19 heavy (non-hydrogen) atoms. The summed E-state index contributed by atoms with van der Waals surface area (Å²) in [4.78, 5) is 17.8. The van der Waals surface area contributed by atoms with Gasteiger partial charge in [0.1, 0.15) is 5.01 Å². The number of nitrogens with zero attached hydrogens (tertiary/aromatic N) is 2. The normalized spacial score (nSPS) is 10.3. The highest BCUT2D eigenvalue weighted by atomic mass is 32.1. The first-order chi connectivity index (χ1) is 9.06. The summed E-state index contributed by atoms with van der Waals surface area (Å²) in [6.07, 6.45) is 0. The molecule has 0 aliphatic rings. The van der Waals surface area contributed by atoms with Crippen molar-refractivity contribution in [3.63, 3.8) is 0 Å². The van der Waals surface area contributed by atoms with Gasteiger partial charge in [-0.1, -0.05) is 6.07 Å². The largest absolute Gasteiger partial charge is 0.379 e. The van der Waals surface area contributed by atoms with Crippen molar-refractivity contribution >= 4 is 22.9 Å². The van der Waals surface area contributed by atoms with E-state index < -0.39 is 0 Å². The standard InChI is InChI=1S/C14H17N3OS/c1-10-9-19-13(16-10)8-15-12-6-4-5-11(7-12)14(18)17(2)3/h4-7,9,15H,8H2,1-3H3. The van der Waals surface area contributed by atoms with Gasteiger partial charge in [0.05, 0.1) is 6.54 Å². The highest BCUT2D eigenvalue weighted by Gasteiger charge is 2.08. The Morgan fingerprint density at radius 3 is 2.84 bits per heavy atom. The predicted molar refractivity (Wildman–Crippen MR) is 78.6 cm³/mol. The summed E-state index contributed by atoms with van der Waals surface area (Å²) in [7, 11) is 3.50. The molecule has 2 aromatic rings. The van der Waals surface area contributed by atoms with Gasteiger partial charge in [0.15, 0.2) is 0 Å². The molecule has 4 nitrogen and oxygen atoms in total. The SMILES string of the molecule is Cc1csc(CNc2cccc(C(=O)N(C)C)c2)n1. The van der Waals surface area contributed by atoms with E-state index in [1.54, 1.807) is 30.3 Å². The fourth-order valence-electron chi connectivity index (χ4n) is 1.68. The molecule has 0 aliphatic carbocycles. The molecule has 100 valence electrons. The lowest BCUT2D eigenvalue weighted by molar-refractivity contribution is 0.0827. The van der Waals surface area contributed by atoms with Gasteiger partial charge in [0.25, 0.3) is 5.91 Å². The minimum atomic E-state index is 0.00810. The molecule has 0 saturated carbocycles. The third-order valence-electron chi connectivity index (χ3n) is 2.63. The Morgan fingerprint density at radius 1 is 1.42 bits per heavy atom. The summed E-state index contributed by atoms with van der Waals surface area (Å²) in [6.45, 7) is 2.66. The molecule has 0 atom stereocenters. The molecule has 1 amide bonds. The van der Waals surface area contributed by atoms with Crippen LogP contribution in [0.1, 0.15) is 21.1 Å². The van der Waals surface area contributed by atoms with Crippen LogP contribution >= 0.6 is 11.3 Å². The van der Waals surface area contributed by atoms with Crippen molar-refractivity contribution < 1.29 is 4.79 Å². The topological polar surface area (TPSA) is 45.2 Å². The highest BCUT2D eigenvalue weighted by Crippen LogP contribution is 2.15. The third-order valence-corrected chi connectivity index (χ3v) is 3.59. The zero-order valence-corrected chi connectivity index (χ0v) is 12.1. The lowest BCUT2D eigenvalue weighted by atomic mass is 10.2. The molecule has 0 bridgehead atoms. The zero-order valence-electron chi connectivity index (χ0n) is 11.3. The number of benzene rings is 1. The maximum Gasteiger partial charge on any atom is 0.253 e. The number of carbonyl (C=O) groups excluding carboxylic acids is 1. The molecule has 5 heteroatoms. The quantitative estimate of drug-likeness (QED) is 0.933. The molecular formula is C14H17N3OS. The molecule has 1 aromatic carbocycles. The van der Waals surface area contributed by atoms with Crippen LogP contribution in [-0.2, 0) is 6.54 Å². The molecule has 0 radical (unpaired) electrons. The van der Waals surface area contributed by atoms with E-state index in [9.17, 15) is 4.79 Å². The smallest absolute Gasteiger partial charge is 0.253 e. The number of nitrogens with one attached hydrogen (secondary N) is 1. The maximum atomic E-state index is 11.9. The number of aryl methyl sites for hydroxylation is 1. The van der Waals surface area contributed by atoms with Crippen molar-refractivity contribution in [1.29, 1.82) is 0 Å². The summed E-state index contributed by atoms with van der Waals surface area (Å²) < 4.78 is 0. The number of aromatic nitrogens is 1. The third kappa shape index (κ3) is 3.54. The van der Waals surface area contributed by atoms with Crippen LogP contribution in [-0.4, -0.2) is 29.9 Å². The maximum absolute atomic E-state index is 11.9. The fourth-order valence-corrected chi connectivity index (χ4v) is 2.39. The molecule has 1 aromatic heterocycles. The van der Waals surface area contributed by atoms with Gasteiger partial charge in [-0.3, -0.25) is 4.79 Å². The molecule has 2 rings (SSSR count). The van der Waals surface area contributed by atoms with E-state index in [0.717, 1.165) is 16.4 Å². The molecule has 0 saturated heterocycles.